The zero-order chi connectivity index (χ0) is 35.2. The number of nitrogens with zero attached hydrogens (tertiary/aromatic N) is 1. The van der Waals surface area contributed by atoms with Crippen LogP contribution in [0.4, 0.5) is 10.5 Å². The number of ether oxygens (including phenoxy) is 2. The van der Waals surface area contributed by atoms with E-state index in [0.717, 1.165) is 4.57 Å². The summed E-state index contributed by atoms with van der Waals surface area (Å²) >= 11 is 0. The van der Waals surface area contributed by atoms with Crippen LogP contribution in [0.2, 0.25) is 0 Å². The molecule has 4 aromatic rings. The molecular formula is C31H33N3O6S. The molecule has 0 spiro atoms. The molecule has 214 valence electrons. The van der Waals surface area contributed by atoms with Gasteiger partial charge < -0.3 is 14.0 Å². The summed E-state index contributed by atoms with van der Waals surface area (Å²) in [5.74, 6) is -0.632. The molecule has 2 N–H and O–H groups in total. The first-order valence-corrected chi connectivity index (χ1v) is 14.2. The molecule has 1 aliphatic carbocycles. The molecule has 10 heteroatoms. The van der Waals surface area contributed by atoms with Crippen molar-refractivity contribution in [3.05, 3.63) is 89.1 Å². The topological polar surface area (TPSA) is 116 Å². The molecule has 0 atom stereocenters. The molecule has 1 saturated carbocycles. The lowest BCUT2D eigenvalue weighted by Crippen LogP contribution is -2.31. The summed E-state index contributed by atoms with van der Waals surface area (Å²) in [6.07, 6.45) is -5.40. The van der Waals surface area contributed by atoms with Crippen LogP contribution in [-0.2, 0) is 28.2 Å². The number of hydrogen-bond donors (Lipinski definition) is 2. The van der Waals surface area contributed by atoms with Gasteiger partial charge in [-0.1, -0.05) is 24.3 Å². The van der Waals surface area contributed by atoms with Crippen LogP contribution in [0.1, 0.15) is 62.2 Å². The van der Waals surface area contributed by atoms with Crippen LogP contribution in [0.3, 0.4) is 0 Å². The summed E-state index contributed by atoms with van der Waals surface area (Å²) < 4.78 is 95.8. The van der Waals surface area contributed by atoms with Crippen LogP contribution in [0.15, 0.2) is 71.8 Å². The quantitative estimate of drug-likeness (QED) is 0.276. The van der Waals surface area contributed by atoms with E-state index in [-0.39, 0.29) is 41.2 Å². The van der Waals surface area contributed by atoms with E-state index in [0.29, 0.717) is 27.6 Å². The van der Waals surface area contributed by atoms with Crippen LogP contribution < -0.4 is 14.8 Å². The van der Waals surface area contributed by atoms with Crippen LogP contribution in [-0.4, -0.2) is 38.2 Å². The maximum absolute atomic E-state index is 13.0. The maximum atomic E-state index is 13.0. The van der Waals surface area contributed by atoms with Gasteiger partial charge in [-0.2, -0.15) is 0 Å². The molecule has 0 aliphatic heterocycles. The fraction of sp³-hybridized carbons (Fsp3) is 0.290. The predicted octanol–water partition coefficient (Wildman–Crippen LogP) is 5.70. The zero-order valence-corrected chi connectivity index (χ0v) is 23.2. The highest BCUT2D eigenvalue weighted by atomic mass is 32.2. The molecule has 0 saturated heterocycles. The van der Waals surface area contributed by atoms with Gasteiger partial charge in [0.1, 0.15) is 11.9 Å². The summed E-state index contributed by atoms with van der Waals surface area (Å²) in [6, 6.07) is 15.1. The third-order valence-corrected chi connectivity index (χ3v) is 8.17. The molecule has 1 heterocycles. The van der Waals surface area contributed by atoms with E-state index < -0.39 is 47.8 Å². The third-order valence-electron chi connectivity index (χ3n) is 6.68. The SMILES string of the molecule is [2H]C1([2H])CCC([2H])([2H])C1OC(=O)Nc1ccc2c(c1)c(Cc1ccc(C(=O)NS(=O)(=O)c3ccccc3C)cc1OC)cn2C([2H])([2H])[2H]. The summed E-state index contributed by atoms with van der Waals surface area (Å²) in [5, 5.41) is 2.94. The van der Waals surface area contributed by atoms with E-state index in [1.54, 1.807) is 31.2 Å². The van der Waals surface area contributed by atoms with Crippen molar-refractivity contribution in [1.29, 1.82) is 0 Å². The number of sulfonamides is 1. The number of methoxy groups -OCH3 is 1. The van der Waals surface area contributed by atoms with Crippen LogP contribution >= 0.6 is 0 Å². The Kier molecular flexibility index (Phi) is 5.84. The summed E-state index contributed by atoms with van der Waals surface area (Å²) in [6.45, 7) is -0.943. The highest BCUT2D eigenvalue weighted by Gasteiger charge is 2.22. The van der Waals surface area contributed by atoms with Gasteiger partial charge in [-0.25, -0.2) is 17.9 Å². The number of anilines is 1. The van der Waals surface area contributed by atoms with Gasteiger partial charge in [0.2, 0.25) is 0 Å². The number of rotatable bonds is 8. The Balaban J connectivity index is 1.42. The molecule has 1 aliphatic rings. The normalized spacial score (nSPS) is 19.0. The number of carbonyl (C=O) groups is 2. The summed E-state index contributed by atoms with van der Waals surface area (Å²) in [4.78, 5) is 25.7. The fourth-order valence-electron chi connectivity index (χ4n) is 4.66. The molecule has 2 amide bonds. The number of carbonyl (C=O) groups excluding carboxylic acids is 2. The molecular weight excluding hydrogens is 542 g/mol. The van der Waals surface area contributed by atoms with Gasteiger partial charge >= 0.3 is 6.09 Å². The Bertz CT molecular complexity index is 2000. The van der Waals surface area contributed by atoms with E-state index in [2.05, 4.69) is 10.0 Å². The number of aromatic nitrogens is 1. The molecule has 9 nitrogen and oxygen atoms in total. The number of aryl methyl sites for hydroxylation is 2. The van der Waals surface area contributed by atoms with Gasteiger partial charge in [0.05, 0.1) is 12.0 Å². The van der Waals surface area contributed by atoms with Crippen LogP contribution in [0.5, 0.6) is 5.75 Å². The lowest BCUT2D eigenvalue weighted by atomic mass is 10.0. The predicted molar refractivity (Wildman–Crippen MR) is 157 cm³/mol. The van der Waals surface area contributed by atoms with Crippen LogP contribution in [0, 0.1) is 6.92 Å². The van der Waals surface area contributed by atoms with E-state index in [4.69, 9.17) is 19.1 Å². The number of hydrogen-bond acceptors (Lipinski definition) is 6. The van der Waals surface area contributed by atoms with Crippen molar-refractivity contribution in [1.82, 2.24) is 9.29 Å². The van der Waals surface area contributed by atoms with E-state index in [1.807, 2.05) is 0 Å². The number of benzene rings is 3. The van der Waals surface area contributed by atoms with Gasteiger partial charge in [-0.15, -0.1) is 0 Å². The second kappa shape index (κ2) is 11.7. The largest absolute Gasteiger partial charge is 0.496 e. The smallest absolute Gasteiger partial charge is 0.411 e. The second-order valence-corrected chi connectivity index (χ2v) is 11.1. The Labute approximate surface area is 249 Å². The molecule has 0 radical (unpaired) electrons. The number of amides is 2. The molecule has 1 aromatic heterocycles. The minimum absolute atomic E-state index is 0.0127. The first-order chi connectivity index (χ1) is 22.3. The summed E-state index contributed by atoms with van der Waals surface area (Å²) in [7, 11) is -2.78. The highest BCUT2D eigenvalue weighted by Crippen LogP contribution is 2.30. The number of nitrogens with one attached hydrogen (secondary N) is 2. The summed E-state index contributed by atoms with van der Waals surface area (Å²) in [5.41, 5.74) is 2.06. The molecule has 0 unspecified atom stereocenters. The monoisotopic (exact) mass is 582 g/mol. The Morgan fingerprint density at radius 3 is 2.59 bits per heavy atom. The third kappa shape index (κ3) is 6.22. The first kappa shape index (κ1) is 20.5. The molecule has 3 aromatic carbocycles. The van der Waals surface area contributed by atoms with Crippen molar-refractivity contribution >= 4 is 38.6 Å². The van der Waals surface area contributed by atoms with Gasteiger partial charge in [-0.05, 0) is 85.6 Å². The zero-order valence-electron chi connectivity index (χ0n) is 29.4. The first-order valence-electron chi connectivity index (χ1n) is 16.2. The van der Waals surface area contributed by atoms with Crippen molar-refractivity contribution in [2.24, 2.45) is 6.98 Å². The highest BCUT2D eigenvalue weighted by molar-refractivity contribution is 7.90. The molecule has 41 heavy (non-hydrogen) atoms. The van der Waals surface area contributed by atoms with Gasteiger partial charge in [0.25, 0.3) is 15.9 Å². The lowest BCUT2D eigenvalue weighted by Gasteiger charge is -2.13. The van der Waals surface area contributed by atoms with Gasteiger partial charge in [0.15, 0.2) is 0 Å². The Morgan fingerprint density at radius 2 is 1.85 bits per heavy atom. The Hall–Kier alpha value is -4.31. The minimum Gasteiger partial charge on any atom is -0.496 e. The van der Waals surface area contributed by atoms with Gasteiger partial charge in [0, 0.05) is 51.3 Å². The number of fused-ring (bicyclic) bond motifs is 1. The van der Waals surface area contributed by atoms with Gasteiger partial charge in [-0.3, -0.25) is 10.1 Å². The van der Waals surface area contributed by atoms with Crippen molar-refractivity contribution < 1.29 is 37.1 Å². The average molecular weight is 583 g/mol. The van der Waals surface area contributed by atoms with Crippen molar-refractivity contribution in [3.8, 4) is 5.75 Å². The van der Waals surface area contributed by atoms with E-state index in [1.165, 1.54) is 49.7 Å². The van der Waals surface area contributed by atoms with Crippen molar-refractivity contribution in [3.63, 3.8) is 0 Å². The van der Waals surface area contributed by atoms with Crippen LogP contribution in [0.25, 0.3) is 10.9 Å². The molecule has 0 bridgehead atoms. The van der Waals surface area contributed by atoms with Crippen molar-refractivity contribution in [2.45, 2.75) is 49.9 Å². The molecule has 1 fully saturated rings. The second-order valence-electron chi connectivity index (χ2n) is 9.48. The lowest BCUT2D eigenvalue weighted by molar-refractivity contribution is 0.0980. The maximum Gasteiger partial charge on any atom is 0.411 e. The average Bonchev–Trinajstić information content (AvgIpc) is 3.46. The molecule has 5 rings (SSSR count). The van der Waals surface area contributed by atoms with E-state index >= 15 is 0 Å². The fourth-order valence-corrected chi connectivity index (χ4v) is 5.89. The standard InChI is InChI=1S/C31H33N3O6S/c1-20-8-4-7-11-29(20)41(37,38)33-30(35)22-13-12-21(28(17-22)39-3)16-23-19-34(2)27-15-14-24(18-26(23)27)32-31(36)40-25-9-5-6-10-25/h4,7-8,11-15,17-19,25H,5-6,9-10,16H2,1-3H3,(H,32,36)(H,33,35)/i2D3,9D2,10D2. The van der Waals surface area contributed by atoms with Crippen molar-refractivity contribution in [2.75, 3.05) is 12.4 Å². The Morgan fingerprint density at radius 1 is 1.07 bits per heavy atom. The van der Waals surface area contributed by atoms with E-state index in [9.17, 15) is 18.0 Å². The minimum atomic E-state index is -4.16.